The summed E-state index contributed by atoms with van der Waals surface area (Å²) >= 11 is 0. The van der Waals surface area contributed by atoms with Gasteiger partial charge in [-0.2, -0.15) is 0 Å². The van der Waals surface area contributed by atoms with Crippen molar-refractivity contribution in [3.63, 3.8) is 0 Å². The second-order valence-electron chi connectivity index (χ2n) is 5.68. The third-order valence-corrected chi connectivity index (χ3v) is 4.06. The van der Waals surface area contributed by atoms with Gasteiger partial charge in [0.1, 0.15) is 6.04 Å². The Labute approximate surface area is 136 Å². The number of hydrogen-bond donors (Lipinski definition) is 2. The van der Waals surface area contributed by atoms with Crippen LogP contribution in [0.4, 0.5) is 0 Å². The van der Waals surface area contributed by atoms with E-state index in [1.165, 1.54) is 0 Å². The SMILES string of the molecule is CC[C@H](C)[C@@H](NC(=O)c1ccc(-c2ccccc2)cc1)C(N)=O. The molecule has 2 aromatic carbocycles. The molecule has 0 fully saturated rings. The van der Waals surface area contributed by atoms with Crippen molar-refractivity contribution in [1.29, 1.82) is 0 Å². The van der Waals surface area contributed by atoms with Crippen LogP contribution in [-0.2, 0) is 4.79 Å². The Morgan fingerprint density at radius 1 is 1.00 bits per heavy atom. The first-order valence-electron chi connectivity index (χ1n) is 7.78. The van der Waals surface area contributed by atoms with E-state index in [2.05, 4.69) is 5.32 Å². The Bertz CT molecular complexity index is 666. The highest BCUT2D eigenvalue weighted by Crippen LogP contribution is 2.19. The third kappa shape index (κ3) is 4.19. The lowest BCUT2D eigenvalue weighted by atomic mass is 9.98. The van der Waals surface area contributed by atoms with Gasteiger partial charge in [-0.15, -0.1) is 0 Å². The number of rotatable bonds is 6. The molecule has 120 valence electrons. The topological polar surface area (TPSA) is 72.2 Å². The molecule has 0 unspecified atom stereocenters. The first-order valence-corrected chi connectivity index (χ1v) is 7.78. The highest BCUT2D eigenvalue weighted by atomic mass is 16.2. The predicted octanol–water partition coefficient (Wildman–Crippen LogP) is 2.98. The van der Waals surface area contributed by atoms with Gasteiger partial charge in [0.05, 0.1) is 0 Å². The summed E-state index contributed by atoms with van der Waals surface area (Å²) in [5.41, 5.74) is 8.03. The number of nitrogens with two attached hydrogens (primary N) is 1. The van der Waals surface area contributed by atoms with Gasteiger partial charge in [0.15, 0.2) is 0 Å². The van der Waals surface area contributed by atoms with E-state index in [9.17, 15) is 9.59 Å². The van der Waals surface area contributed by atoms with Gasteiger partial charge in [-0.1, -0.05) is 62.7 Å². The molecule has 0 heterocycles. The van der Waals surface area contributed by atoms with E-state index in [0.717, 1.165) is 17.5 Å². The summed E-state index contributed by atoms with van der Waals surface area (Å²) < 4.78 is 0. The summed E-state index contributed by atoms with van der Waals surface area (Å²) in [5.74, 6) is -0.789. The third-order valence-electron chi connectivity index (χ3n) is 4.06. The second-order valence-corrected chi connectivity index (χ2v) is 5.68. The summed E-state index contributed by atoms with van der Waals surface area (Å²) in [6.07, 6.45) is 0.765. The number of primary amides is 1. The molecular weight excluding hydrogens is 288 g/mol. The van der Waals surface area contributed by atoms with Gasteiger partial charge in [0.25, 0.3) is 5.91 Å². The Morgan fingerprint density at radius 3 is 2.09 bits per heavy atom. The minimum atomic E-state index is -0.652. The molecular formula is C19H22N2O2. The highest BCUT2D eigenvalue weighted by Gasteiger charge is 2.23. The molecule has 4 nitrogen and oxygen atoms in total. The average Bonchev–Trinajstić information content (AvgIpc) is 2.59. The molecule has 0 aliphatic rings. The molecule has 0 spiro atoms. The van der Waals surface area contributed by atoms with Crippen molar-refractivity contribution in [2.75, 3.05) is 0 Å². The van der Waals surface area contributed by atoms with Gasteiger partial charge < -0.3 is 11.1 Å². The minimum absolute atomic E-state index is 0.0000389. The van der Waals surface area contributed by atoms with Crippen LogP contribution in [0.15, 0.2) is 54.6 Å². The lowest BCUT2D eigenvalue weighted by molar-refractivity contribution is -0.120. The van der Waals surface area contributed by atoms with Crippen LogP contribution in [-0.4, -0.2) is 17.9 Å². The maximum atomic E-state index is 12.3. The Balaban J connectivity index is 2.12. The smallest absolute Gasteiger partial charge is 0.251 e. The molecule has 2 aromatic rings. The number of nitrogens with one attached hydrogen (secondary N) is 1. The summed E-state index contributed by atoms with van der Waals surface area (Å²) in [4.78, 5) is 23.8. The summed E-state index contributed by atoms with van der Waals surface area (Å²) in [7, 11) is 0. The normalized spacial score (nSPS) is 13.1. The zero-order valence-corrected chi connectivity index (χ0v) is 13.5. The maximum Gasteiger partial charge on any atom is 0.251 e. The van der Waals surface area contributed by atoms with E-state index in [-0.39, 0.29) is 11.8 Å². The van der Waals surface area contributed by atoms with Crippen LogP contribution in [0.2, 0.25) is 0 Å². The second kappa shape index (κ2) is 7.58. The lowest BCUT2D eigenvalue weighted by Crippen LogP contribution is -2.48. The summed E-state index contributed by atoms with van der Waals surface area (Å²) in [6, 6.07) is 16.6. The van der Waals surface area contributed by atoms with Gasteiger partial charge in [-0.05, 0) is 29.2 Å². The van der Waals surface area contributed by atoms with Crippen molar-refractivity contribution in [2.24, 2.45) is 11.7 Å². The first-order chi connectivity index (χ1) is 11.0. The summed E-state index contributed by atoms with van der Waals surface area (Å²) in [5, 5.41) is 2.73. The van der Waals surface area contributed by atoms with Crippen LogP contribution >= 0.6 is 0 Å². The molecule has 2 amide bonds. The van der Waals surface area contributed by atoms with Gasteiger partial charge in [0.2, 0.25) is 5.91 Å². The Morgan fingerprint density at radius 2 is 1.57 bits per heavy atom. The molecule has 2 rings (SSSR count). The predicted molar refractivity (Wildman–Crippen MR) is 91.8 cm³/mol. The average molecular weight is 310 g/mol. The monoisotopic (exact) mass is 310 g/mol. The fourth-order valence-electron chi connectivity index (χ4n) is 2.40. The maximum absolute atomic E-state index is 12.3. The fourth-order valence-corrected chi connectivity index (χ4v) is 2.40. The lowest BCUT2D eigenvalue weighted by Gasteiger charge is -2.21. The Hall–Kier alpha value is -2.62. The minimum Gasteiger partial charge on any atom is -0.368 e. The number of carbonyl (C=O) groups is 2. The van der Waals surface area contributed by atoms with Gasteiger partial charge in [-0.3, -0.25) is 9.59 Å². The van der Waals surface area contributed by atoms with Crippen molar-refractivity contribution in [1.82, 2.24) is 5.32 Å². The molecule has 0 aromatic heterocycles. The summed E-state index contributed by atoms with van der Waals surface area (Å²) in [6.45, 7) is 3.86. The van der Waals surface area contributed by atoms with Crippen LogP contribution in [0.1, 0.15) is 30.6 Å². The van der Waals surface area contributed by atoms with Crippen molar-refractivity contribution in [3.8, 4) is 11.1 Å². The standard InChI is InChI=1S/C19H22N2O2/c1-3-13(2)17(18(20)22)21-19(23)16-11-9-15(10-12-16)14-7-5-4-6-8-14/h4-13,17H,3H2,1-2H3,(H2,20,22)(H,21,23)/t13-,17+/m0/s1. The van der Waals surface area contributed by atoms with Gasteiger partial charge in [0, 0.05) is 5.56 Å². The first kappa shape index (κ1) is 16.7. The molecule has 0 bridgehead atoms. The van der Waals surface area contributed by atoms with Crippen LogP contribution in [0.5, 0.6) is 0 Å². The molecule has 3 N–H and O–H groups in total. The number of carbonyl (C=O) groups excluding carboxylic acids is 2. The van der Waals surface area contributed by atoms with Crippen LogP contribution in [0, 0.1) is 5.92 Å². The van der Waals surface area contributed by atoms with Crippen molar-refractivity contribution in [2.45, 2.75) is 26.3 Å². The molecule has 23 heavy (non-hydrogen) atoms. The van der Waals surface area contributed by atoms with Crippen molar-refractivity contribution >= 4 is 11.8 Å². The molecule has 0 aliphatic carbocycles. The molecule has 0 saturated heterocycles. The molecule has 2 atom stereocenters. The highest BCUT2D eigenvalue weighted by molar-refractivity contribution is 5.97. The van der Waals surface area contributed by atoms with Gasteiger partial charge in [-0.25, -0.2) is 0 Å². The van der Waals surface area contributed by atoms with E-state index >= 15 is 0 Å². The van der Waals surface area contributed by atoms with E-state index < -0.39 is 11.9 Å². The molecule has 0 radical (unpaired) electrons. The van der Waals surface area contributed by atoms with E-state index in [4.69, 9.17) is 5.73 Å². The zero-order valence-electron chi connectivity index (χ0n) is 13.5. The Kier molecular flexibility index (Phi) is 5.52. The van der Waals surface area contributed by atoms with Crippen LogP contribution in [0.25, 0.3) is 11.1 Å². The van der Waals surface area contributed by atoms with E-state index in [0.29, 0.717) is 5.56 Å². The number of amides is 2. The van der Waals surface area contributed by atoms with Crippen molar-refractivity contribution < 1.29 is 9.59 Å². The van der Waals surface area contributed by atoms with Gasteiger partial charge >= 0.3 is 0 Å². The zero-order chi connectivity index (χ0) is 16.8. The van der Waals surface area contributed by atoms with Crippen LogP contribution < -0.4 is 11.1 Å². The number of benzene rings is 2. The number of hydrogen-bond acceptors (Lipinski definition) is 2. The largest absolute Gasteiger partial charge is 0.368 e. The molecule has 4 heteroatoms. The quantitative estimate of drug-likeness (QED) is 0.861. The molecule has 0 aliphatic heterocycles. The van der Waals surface area contributed by atoms with Crippen molar-refractivity contribution in [3.05, 3.63) is 60.2 Å². The molecule has 0 saturated carbocycles. The van der Waals surface area contributed by atoms with E-state index in [1.54, 1.807) is 12.1 Å². The fraction of sp³-hybridized carbons (Fsp3) is 0.263. The van der Waals surface area contributed by atoms with E-state index in [1.807, 2.05) is 56.3 Å². The van der Waals surface area contributed by atoms with Crippen LogP contribution in [0.3, 0.4) is 0 Å².